The van der Waals surface area contributed by atoms with Gasteiger partial charge in [0.1, 0.15) is 0 Å². The Kier molecular flexibility index (Phi) is 5.23. The number of likely N-dealkylation sites (tertiary alicyclic amines) is 2. The average Bonchev–Trinajstić information content (AvgIpc) is 2.74. The Bertz CT molecular complexity index is 793. The number of carbonyl (C=O) groups excluding carboxylic acids is 2. The Labute approximate surface area is 160 Å². The van der Waals surface area contributed by atoms with Gasteiger partial charge in [0.05, 0.1) is 0 Å². The molecule has 2 aliphatic rings. The van der Waals surface area contributed by atoms with Crippen molar-refractivity contribution in [3.63, 3.8) is 0 Å². The summed E-state index contributed by atoms with van der Waals surface area (Å²) in [5, 5.41) is 0. The summed E-state index contributed by atoms with van der Waals surface area (Å²) in [6.07, 6.45) is 4.59. The molecule has 2 aliphatic heterocycles. The molecule has 27 heavy (non-hydrogen) atoms. The number of rotatable bonds is 3. The minimum Gasteiger partial charge on any atom is -0.340 e. The van der Waals surface area contributed by atoms with Gasteiger partial charge in [-0.2, -0.15) is 0 Å². The maximum absolute atomic E-state index is 12.8. The first kappa shape index (κ1) is 17.8. The molecule has 4 nitrogen and oxygen atoms in total. The summed E-state index contributed by atoms with van der Waals surface area (Å²) in [5.41, 5.74) is 3.01. The minimum atomic E-state index is 0.0954. The fourth-order valence-corrected chi connectivity index (χ4v) is 4.21. The van der Waals surface area contributed by atoms with Crippen molar-refractivity contribution in [2.24, 2.45) is 0 Å². The van der Waals surface area contributed by atoms with Crippen LogP contribution in [0.1, 0.15) is 42.5 Å². The summed E-state index contributed by atoms with van der Waals surface area (Å²) in [6, 6.07) is 18.4. The van der Waals surface area contributed by atoms with E-state index in [1.807, 2.05) is 47.4 Å². The number of carbonyl (C=O) groups is 2. The number of piperidine rings is 2. The lowest BCUT2D eigenvalue weighted by molar-refractivity contribution is -0.136. The van der Waals surface area contributed by atoms with Gasteiger partial charge in [0.2, 0.25) is 5.91 Å². The highest BCUT2D eigenvalue weighted by atomic mass is 16.2. The average molecular weight is 362 g/mol. The summed E-state index contributed by atoms with van der Waals surface area (Å²) in [6.45, 7) is 2.35. The van der Waals surface area contributed by atoms with Gasteiger partial charge in [-0.25, -0.2) is 0 Å². The molecule has 0 saturated carbocycles. The lowest BCUT2D eigenvalue weighted by atomic mass is 9.98. The molecule has 4 rings (SSSR count). The first-order valence-corrected chi connectivity index (χ1v) is 9.96. The Balaban J connectivity index is 1.37. The molecule has 2 amide bonds. The van der Waals surface area contributed by atoms with Gasteiger partial charge in [-0.3, -0.25) is 9.59 Å². The molecule has 0 aromatic heterocycles. The lowest BCUT2D eigenvalue weighted by Crippen LogP contribution is -2.50. The van der Waals surface area contributed by atoms with E-state index in [0.717, 1.165) is 62.0 Å². The van der Waals surface area contributed by atoms with Crippen LogP contribution in [0.15, 0.2) is 54.6 Å². The molecule has 0 spiro atoms. The molecule has 2 aromatic carbocycles. The summed E-state index contributed by atoms with van der Waals surface area (Å²) in [7, 11) is 0. The number of nitrogens with zero attached hydrogens (tertiary/aromatic N) is 2. The van der Waals surface area contributed by atoms with E-state index in [-0.39, 0.29) is 5.91 Å². The molecular formula is C23H26N2O2. The molecule has 0 aliphatic carbocycles. The van der Waals surface area contributed by atoms with Crippen LogP contribution in [0.4, 0.5) is 0 Å². The van der Waals surface area contributed by atoms with Crippen LogP contribution in [-0.4, -0.2) is 47.3 Å². The highest BCUT2D eigenvalue weighted by Crippen LogP contribution is 2.24. The number of hydrogen-bond acceptors (Lipinski definition) is 2. The van der Waals surface area contributed by atoms with Crippen LogP contribution in [0.25, 0.3) is 11.1 Å². The fourth-order valence-electron chi connectivity index (χ4n) is 4.21. The zero-order valence-corrected chi connectivity index (χ0v) is 15.6. The van der Waals surface area contributed by atoms with Crippen LogP contribution in [0, 0.1) is 0 Å². The lowest BCUT2D eigenvalue weighted by Gasteiger charge is -2.40. The van der Waals surface area contributed by atoms with Crippen LogP contribution < -0.4 is 0 Å². The Morgan fingerprint density at radius 2 is 1.48 bits per heavy atom. The smallest absolute Gasteiger partial charge is 0.253 e. The van der Waals surface area contributed by atoms with Gasteiger partial charge < -0.3 is 9.80 Å². The van der Waals surface area contributed by atoms with Crippen molar-refractivity contribution in [2.45, 2.75) is 38.1 Å². The molecule has 0 atom stereocenters. The van der Waals surface area contributed by atoms with Crippen molar-refractivity contribution < 1.29 is 9.59 Å². The second kappa shape index (κ2) is 7.95. The molecule has 2 fully saturated rings. The predicted molar refractivity (Wildman–Crippen MR) is 106 cm³/mol. The normalized spacial score (nSPS) is 18.6. The maximum atomic E-state index is 12.8. The molecule has 0 N–H and O–H groups in total. The van der Waals surface area contributed by atoms with Crippen LogP contribution in [0.5, 0.6) is 0 Å². The van der Waals surface area contributed by atoms with Crippen molar-refractivity contribution in [1.29, 1.82) is 0 Å². The van der Waals surface area contributed by atoms with Crippen molar-refractivity contribution in [2.75, 3.05) is 19.6 Å². The second-order valence-electron chi connectivity index (χ2n) is 7.51. The minimum absolute atomic E-state index is 0.0954. The standard InChI is InChI=1S/C23H26N2O2/c26-22-8-4-5-15-25(22)21-13-16-24(17-14-21)23(27)20-11-9-19(10-12-20)18-6-2-1-3-7-18/h1-3,6-7,9-12,21H,4-5,8,13-17H2. The SMILES string of the molecule is O=C(c1ccc(-c2ccccc2)cc1)N1CCC(N2CCCCC2=O)CC1. The molecule has 0 radical (unpaired) electrons. The molecule has 140 valence electrons. The summed E-state index contributed by atoms with van der Waals surface area (Å²) >= 11 is 0. The van der Waals surface area contributed by atoms with Crippen molar-refractivity contribution >= 4 is 11.8 Å². The summed E-state index contributed by atoms with van der Waals surface area (Å²) < 4.78 is 0. The van der Waals surface area contributed by atoms with Gasteiger partial charge in [0.15, 0.2) is 0 Å². The molecule has 4 heteroatoms. The van der Waals surface area contributed by atoms with Crippen LogP contribution >= 0.6 is 0 Å². The van der Waals surface area contributed by atoms with Gasteiger partial charge in [-0.05, 0) is 48.9 Å². The third-order valence-electron chi connectivity index (χ3n) is 5.79. The molecule has 2 heterocycles. The largest absolute Gasteiger partial charge is 0.340 e. The highest BCUT2D eigenvalue weighted by molar-refractivity contribution is 5.94. The Morgan fingerprint density at radius 3 is 2.15 bits per heavy atom. The molecule has 2 aromatic rings. The predicted octanol–water partition coefficient (Wildman–Crippen LogP) is 3.97. The quantitative estimate of drug-likeness (QED) is 0.829. The van der Waals surface area contributed by atoms with E-state index in [1.54, 1.807) is 0 Å². The molecule has 0 bridgehead atoms. The third kappa shape index (κ3) is 3.90. The fraction of sp³-hybridized carbons (Fsp3) is 0.391. The molecule has 0 unspecified atom stereocenters. The van der Waals surface area contributed by atoms with Crippen LogP contribution in [-0.2, 0) is 4.79 Å². The van der Waals surface area contributed by atoms with E-state index in [0.29, 0.717) is 18.4 Å². The van der Waals surface area contributed by atoms with E-state index in [9.17, 15) is 9.59 Å². The third-order valence-corrected chi connectivity index (χ3v) is 5.79. The van der Waals surface area contributed by atoms with Gasteiger partial charge in [0, 0.05) is 37.7 Å². The highest BCUT2D eigenvalue weighted by Gasteiger charge is 2.30. The van der Waals surface area contributed by atoms with Crippen LogP contribution in [0.2, 0.25) is 0 Å². The second-order valence-corrected chi connectivity index (χ2v) is 7.51. The number of amides is 2. The van der Waals surface area contributed by atoms with Crippen molar-refractivity contribution in [3.8, 4) is 11.1 Å². The van der Waals surface area contributed by atoms with Crippen molar-refractivity contribution in [1.82, 2.24) is 9.80 Å². The van der Waals surface area contributed by atoms with E-state index in [2.05, 4.69) is 17.0 Å². The zero-order valence-electron chi connectivity index (χ0n) is 15.6. The Hall–Kier alpha value is -2.62. The first-order chi connectivity index (χ1) is 13.2. The van der Waals surface area contributed by atoms with E-state index in [1.165, 1.54) is 0 Å². The van der Waals surface area contributed by atoms with E-state index in [4.69, 9.17) is 0 Å². The van der Waals surface area contributed by atoms with Gasteiger partial charge in [0.25, 0.3) is 5.91 Å². The number of benzene rings is 2. The maximum Gasteiger partial charge on any atom is 0.253 e. The van der Waals surface area contributed by atoms with Gasteiger partial charge >= 0.3 is 0 Å². The summed E-state index contributed by atoms with van der Waals surface area (Å²) in [5.74, 6) is 0.389. The van der Waals surface area contributed by atoms with E-state index < -0.39 is 0 Å². The van der Waals surface area contributed by atoms with Gasteiger partial charge in [-0.15, -0.1) is 0 Å². The monoisotopic (exact) mass is 362 g/mol. The topological polar surface area (TPSA) is 40.6 Å². The van der Waals surface area contributed by atoms with E-state index >= 15 is 0 Å². The van der Waals surface area contributed by atoms with Crippen molar-refractivity contribution in [3.05, 3.63) is 60.2 Å². The Morgan fingerprint density at radius 1 is 0.815 bits per heavy atom. The van der Waals surface area contributed by atoms with Crippen LogP contribution in [0.3, 0.4) is 0 Å². The van der Waals surface area contributed by atoms with Gasteiger partial charge in [-0.1, -0.05) is 42.5 Å². The number of hydrogen-bond donors (Lipinski definition) is 0. The zero-order chi connectivity index (χ0) is 18.6. The molecule has 2 saturated heterocycles. The first-order valence-electron chi connectivity index (χ1n) is 9.96. The summed E-state index contributed by atoms with van der Waals surface area (Å²) in [4.78, 5) is 29.0. The molecular weight excluding hydrogens is 336 g/mol.